The Balaban J connectivity index is 1.78. The summed E-state index contributed by atoms with van der Waals surface area (Å²) in [6.45, 7) is 11.7. The zero-order valence-corrected chi connectivity index (χ0v) is 22.3. The zero-order chi connectivity index (χ0) is 26.2. The average Bonchev–Trinajstić information content (AvgIpc) is 3.44. The molecule has 194 valence electrons. The number of fused-ring (bicyclic) bond motifs is 1. The van der Waals surface area contributed by atoms with Gasteiger partial charge in [0.2, 0.25) is 17.7 Å². The molecule has 1 aromatic carbocycles. The van der Waals surface area contributed by atoms with Crippen LogP contribution < -0.4 is 4.90 Å². The maximum Gasteiger partial charge on any atom is 0.248 e. The van der Waals surface area contributed by atoms with Gasteiger partial charge in [0.1, 0.15) is 11.6 Å². The van der Waals surface area contributed by atoms with Crippen LogP contribution in [-0.4, -0.2) is 87.5 Å². The number of halogens is 1. The lowest BCUT2D eigenvalue weighted by Gasteiger charge is -2.38. The predicted molar refractivity (Wildman–Crippen MR) is 141 cm³/mol. The molecule has 3 aliphatic heterocycles. The number of carbonyl (C=O) groups excluding carboxylic acids is 3. The molecule has 3 aliphatic rings. The van der Waals surface area contributed by atoms with Gasteiger partial charge in [-0.1, -0.05) is 46.3 Å². The van der Waals surface area contributed by atoms with E-state index < -0.39 is 29.6 Å². The standard InChI is InChI=1S/C27H34BrN3O5/c1-5-12-29(17(3)4)26(35)23-27-16-19(28)22(36-27)20(21(27)25(34)31(23)14-15-32)24(33)30(13-6-2)18-10-8-7-9-11-18/h5-11,17,19-23,32H,1-2,12-16H2,3-4H3/t19?,20-,21-,22-,23?,27?/m0/s1. The van der Waals surface area contributed by atoms with Crippen molar-refractivity contribution in [2.75, 3.05) is 31.1 Å². The second-order valence-electron chi connectivity index (χ2n) is 9.86. The quantitative estimate of drug-likeness (QED) is 0.351. The SMILES string of the molecule is C=CCN(C(=O)[C@H]1[C@H]2C(=O)N(CCO)C(C(=O)N(CC=C)C(C)C)C23CC(Br)[C@@H]1O3)c1ccccc1. The molecule has 3 fully saturated rings. The number of benzene rings is 1. The van der Waals surface area contributed by atoms with Gasteiger partial charge in [-0.15, -0.1) is 13.2 Å². The maximum absolute atomic E-state index is 14.1. The lowest BCUT2D eigenvalue weighted by Crippen LogP contribution is -2.58. The van der Waals surface area contributed by atoms with Crippen LogP contribution in [0.5, 0.6) is 0 Å². The molecule has 3 amide bonds. The number of hydrogen-bond donors (Lipinski definition) is 1. The largest absolute Gasteiger partial charge is 0.395 e. The van der Waals surface area contributed by atoms with Crippen LogP contribution >= 0.6 is 15.9 Å². The van der Waals surface area contributed by atoms with Gasteiger partial charge in [0, 0.05) is 36.2 Å². The Morgan fingerprint density at radius 3 is 2.47 bits per heavy atom. The Hall–Kier alpha value is -2.49. The van der Waals surface area contributed by atoms with E-state index in [0.717, 1.165) is 0 Å². The number of carbonyl (C=O) groups is 3. The van der Waals surface area contributed by atoms with E-state index in [-0.39, 0.29) is 48.3 Å². The second-order valence-corrected chi connectivity index (χ2v) is 11.0. The van der Waals surface area contributed by atoms with Gasteiger partial charge in [-0.25, -0.2) is 0 Å². The third-order valence-corrected chi connectivity index (χ3v) is 8.37. The lowest BCUT2D eigenvalue weighted by molar-refractivity contribution is -0.149. The highest BCUT2D eigenvalue weighted by atomic mass is 79.9. The number of anilines is 1. The lowest BCUT2D eigenvalue weighted by atomic mass is 9.70. The predicted octanol–water partition coefficient (Wildman–Crippen LogP) is 2.37. The van der Waals surface area contributed by atoms with Crippen LogP contribution in [0.1, 0.15) is 20.3 Å². The van der Waals surface area contributed by atoms with Gasteiger partial charge in [0.15, 0.2) is 0 Å². The monoisotopic (exact) mass is 559 g/mol. The highest BCUT2D eigenvalue weighted by Crippen LogP contribution is 2.60. The number of nitrogens with zero attached hydrogens (tertiary/aromatic N) is 3. The first-order valence-corrected chi connectivity index (χ1v) is 13.3. The molecule has 1 spiro atoms. The fourth-order valence-electron chi connectivity index (χ4n) is 6.13. The van der Waals surface area contributed by atoms with Crippen molar-refractivity contribution in [3.8, 4) is 0 Å². The Kier molecular flexibility index (Phi) is 7.73. The molecule has 0 radical (unpaired) electrons. The second kappa shape index (κ2) is 10.5. The molecule has 0 saturated carbocycles. The highest BCUT2D eigenvalue weighted by Gasteiger charge is 2.76. The van der Waals surface area contributed by atoms with Crippen molar-refractivity contribution < 1.29 is 24.2 Å². The van der Waals surface area contributed by atoms with E-state index in [4.69, 9.17) is 4.74 Å². The average molecular weight is 560 g/mol. The van der Waals surface area contributed by atoms with E-state index in [1.807, 2.05) is 44.2 Å². The zero-order valence-electron chi connectivity index (χ0n) is 20.8. The Bertz CT molecular complexity index is 1030. The molecule has 1 N–H and O–H groups in total. The van der Waals surface area contributed by atoms with Gasteiger partial charge in [-0.05, 0) is 32.4 Å². The first-order chi connectivity index (χ1) is 17.2. The number of aliphatic hydroxyl groups excluding tert-OH is 1. The summed E-state index contributed by atoms with van der Waals surface area (Å²) in [7, 11) is 0. The van der Waals surface area contributed by atoms with Gasteiger partial charge in [0.05, 0.1) is 24.5 Å². The molecular formula is C27H34BrN3O5. The summed E-state index contributed by atoms with van der Waals surface area (Å²) >= 11 is 3.70. The number of amides is 3. The minimum atomic E-state index is -1.16. The summed E-state index contributed by atoms with van der Waals surface area (Å²) in [5, 5.41) is 9.79. The van der Waals surface area contributed by atoms with Crippen LogP contribution in [0.15, 0.2) is 55.6 Å². The first-order valence-electron chi connectivity index (χ1n) is 12.3. The molecule has 9 heteroatoms. The Labute approximate surface area is 220 Å². The number of hydrogen-bond acceptors (Lipinski definition) is 5. The van der Waals surface area contributed by atoms with Crippen molar-refractivity contribution in [2.24, 2.45) is 11.8 Å². The third kappa shape index (κ3) is 4.11. The summed E-state index contributed by atoms with van der Waals surface area (Å²) < 4.78 is 6.55. The number of aliphatic hydroxyl groups is 1. The van der Waals surface area contributed by atoms with E-state index in [1.165, 1.54) is 4.90 Å². The van der Waals surface area contributed by atoms with Crippen molar-refractivity contribution in [1.29, 1.82) is 0 Å². The van der Waals surface area contributed by atoms with Gasteiger partial charge < -0.3 is 24.5 Å². The van der Waals surface area contributed by atoms with E-state index in [9.17, 15) is 19.5 Å². The highest BCUT2D eigenvalue weighted by molar-refractivity contribution is 9.09. The summed E-state index contributed by atoms with van der Waals surface area (Å²) in [6.07, 6.45) is 3.17. The van der Waals surface area contributed by atoms with Crippen LogP contribution in [-0.2, 0) is 19.1 Å². The van der Waals surface area contributed by atoms with Crippen LogP contribution in [0.2, 0.25) is 0 Å². The smallest absolute Gasteiger partial charge is 0.248 e. The molecule has 36 heavy (non-hydrogen) atoms. The number of β-amino-alcohol motifs (C(OH)–C–C–N with tert-alkyl or cyclic N) is 1. The topological polar surface area (TPSA) is 90.4 Å². The molecule has 0 aliphatic carbocycles. The van der Waals surface area contributed by atoms with Gasteiger partial charge in [-0.2, -0.15) is 0 Å². The number of rotatable bonds is 10. The molecule has 3 heterocycles. The van der Waals surface area contributed by atoms with Crippen molar-refractivity contribution in [3.05, 3.63) is 55.6 Å². The molecular weight excluding hydrogens is 526 g/mol. The Morgan fingerprint density at radius 2 is 1.89 bits per heavy atom. The summed E-state index contributed by atoms with van der Waals surface area (Å²) in [5.74, 6) is -2.41. The number of likely N-dealkylation sites (tertiary alicyclic amines) is 1. The molecule has 8 nitrogen and oxygen atoms in total. The minimum absolute atomic E-state index is 0.00946. The van der Waals surface area contributed by atoms with Crippen molar-refractivity contribution in [3.63, 3.8) is 0 Å². The van der Waals surface area contributed by atoms with Crippen LogP contribution in [0.25, 0.3) is 0 Å². The fourth-order valence-corrected chi connectivity index (χ4v) is 7.07. The van der Waals surface area contributed by atoms with Crippen molar-refractivity contribution >= 4 is 39.3 Å². The van der Waals surface area contributed by atoms with Crippen LogP contribution in [0, 0.1) is 11.8 Å². The van der Waals surface area contributed by atoms with Gasteiger partial charge in [0.25, 0.3) is 0 Å². The fraction of sp³-hybridized carbons (Fsp3) is 0.519. The minimum Gasteiger partial charge on any atom is -0.395 e. The number of ether oxygens (including phenoxy) is 1. The van der Waals surface area contributed by atoms with E-state index in [1.54, 1.807) is 22.0 Å². The van der Waals surface area contributed by atoms with E-state index in [0.29, 0.717) is 18.7 Å². The first kappa shape index (κ1) is 26.6. The van der Waals surface area contributed by atoms with Crippen LogP contribution in [0.4, 0.5) is 5.69 Å². The normalized spacial score (nSPS) is 30.4. The molecule has 3 saturated heterocycles. The molecule has 6 atom stereocenters. The summed E-state index contributed by atoms with van der Waals surface area (Å²) in [4.78, 5) is 46.5. The summed E-state index contributed by atoms with van der Waals surface area (Å²) in [6, 6.07) is 8.19. The van der Waals surface area contributed by atoms with Crippen molar-refractivity contribution in [2.45, 2.75) is 48.9 Å². The Morgan fingerprint density at radius 1 is 1.22 bits per heavy atom. The molecule has 1 aromatic rings. The molecule has 0 aromatic heterocycles. The maximum atomic E-state index is 14.1. The third-order valence-electron chi connectivity index (χ3n) is 7.53. The van der Waals surface area contributed by atoms with Gasteiger partial charge >= 0.3 is 0 Å². The van der Waals surface area contributed by atoms with Crippen molar-refractivity contribution in [1.82, 2.24) is 9.80 Å². The van der Waals surface area contributed by atoms with E-state index in [2.05, 4.69) is 29.1 Å². The molecule has 2 bridgehead atoms. The number of alkyl halides is 1. The van der Waals surface area contributed by atoms with Crippen LogP contribution in [0.3, 0.4) is 0 Å². The van der Waals surface area contributed by atoms with E-state index >= 15 is 0 Å². The molecule has 3 unspecified atom stereocenters. The summed E-state index contributed by atoms with van der Waals surface area (Å²) in [5.41, 5.74) is -0.458. The van der Waals surface area contributed by atoms with Gasteiger partial charge in [-0.3, -0.25) is 14.4 Å². The number of para-hydroxylation sites is 1. The molecule has 4 rings (SSSR count).